The maximum Gasteiger partial charge on any atom is 0.278 e. The number of aryl methyl sites for hydroxylation is 1. The molecular formula is C27H40N6O2S. The molecule has 196 valence electrons. The van der Waals surface area contributed by atoms with Crippen molar-refractivity contribution < 1.29 is 9.90 Å². The molecule has 9 heteroatoms. The van der Waals surface area contributed by atoms with Gasteiger partial charge in [0.05, 0.1) is 18.3 Å². The molecule has 4 rings (SSSR count). The second-order valence-corrected chi connectivity index (χ2v) is 12.9. The number of piperidine rings is 1. The second-order valence-electron chi connectivity index (χ2n) is 12.0. The number of amides is 1. The third-order valence-corrected chi connectivity index (χ3v) is 7.88. The Labute approximate surface area is 219 Å². The molecule has 1 amide bonds. The topological polar surface area (TPSA) is 102 Å². The third-order valence-electron chi connectivity index (χ3n) is 6.70. The molecular weight excluding hydrogens is 472 g/mol. The summed E-state index contributed by atoms with van der Waals surface area (Å²) < 4.78 is 3.42. The van der Waals surface area contributed by atoms with Gasteiger partial charge in [0.1, 0.15) is 5.82 Å². The summed E-state index contributed by atoms with van der Waals surface area (Å²) in [6, 6.07) is 6.03. The molecule has 1 aliphatic carbocycles. The van der Waals surface area contributed by atoms with Gasteiger partial charge in [0.25, 0.3) is 5.91 Å². The van der Waals surface area contributed by atoms with Crippen LogP contribution >= 0.6 is 11.9 Å². The molecule has 36 heavy (non-hydrogen) atoms. The molecule has 1 aromatic heterocycles. The van der Waals surface area contributed by atoms with Crippen molar-refractivity contribution in [2.45, 2.75) is 83.2 Å². The first-order valence-electron chi connectivity index (χ1n) is 12.8. The molecule has 8 nitrogen and oxygen atoms in total. The highest BCUT2D eigenvalue weighted by atomic mass is 32.2. The predicted molar refractivity (Wildman–Crippen MR) is 148 cm³/mol. The maximum atomic E-state index is 13.5. The van der Waals surface area contributed by atoms with Crippen LogP contribution in [0.3, 0.4) is 0 Å². The minimum Gasteiger partial charge on any atom is -0.394 e. The summed E-state index contributed by atoms with van der Waals surface area (Å²) in [5.41, 5.74) is 2.04. The zero-order valence-corrected chi connectivity index (χ0v) is 23.2. The summed E-state index contributed by atoms with van der Waals surface area (Å²) in [6.07, 6.45) is 6.43. The van der Waals surface area contributed by atoms with Crippen LogP contribution in [0.15, 0.2) is 29.3 Å². The largest absolute Gasteiger partial charge is 0.394 e. The zero-order valence-electron chi connectivity index (χ0n) is 22.4. The van der Waals surface area contributed by atoms with Crippen LogP contribution in [-0.2, 0) is 0 Å². The molecule has 0 bridgehead atoms. The van der Waals surface area contributed by atoms with Crippen molar-refractivity contribution in [3.63, 3.8) is 0 Å². The van der Waals surface area contributed by atoms with Crippen molar-refractivity contribution in [2.75, 3.05) is 35.2 Å². The number of hydrogen-bond acceptors (Lipinski definition) is 8. The Bertz CT molecular complexity index is 1100. The van der Waals surface area contributed by atoms with Gasteiger partial charge in [-0.1, -0.05) is 0 Å². The van der Waals surface area contributed by atoms with Crippen molar-refractivity contribution in [2.24, 2.45) is 5.41 Å². The first kappa shape index (κ1) is 26.7. The van der Waals surface area contributed by atoms with Gasteiger partial charge in [0, 0.05) is 29.2 Å². The van der Waals surface area contributed by atoms with Crippen molar-refractivity contribution in [3.05, 3.63) is 35.7 Å². The molecule has 2 heterocycles. The van der Waals surface area contributed by atoms with Crippen molar-refractivity contribution >= 4 is 35.2 Å². The van der Waals surface area contributed by atoms with E-state index < -0.39 is 5.54 Å². The number of hydrogen-bond donors (Lipinski definition) is 4. The second kappa shape index (κ2) is 10.2. The summed E-state index contributed by atoms with van der Waals surface area (Å²) >= 11 is 1.55. The van der Waals surface area contributed by atoms with E-state index in [4.69, 9.17) is 4.98 Å². The Balaban J connectivity index is 1.57. The van der Waals surface area contributed by atoms with E-state index in [2.05, 4.69) is 52.1 Å². The number of nitrogens with one attached hydrogen (secondary N) is 3. The Kier molecular flexibility index (Phi) is 7.55. The molecule has 2 fully saturated rings. The molecule has 1 saturated carbocycles. The lowest BCUT2D eigenvalue weighted by Gasteiger charge is -2.34. The highest BCUT2D eigenvalue weighted by Crippen LogP contribution is 2.54. The van der Waals surface area contributed by atoms with Crippen LogP contribution < -0.4 is 20.3 Å². The molecule has 0 atom stereocenters. The Morgan fingerprint density at radius 1 is 1.11 bits per heavy atom. The molecule has 0 radical (unpaired) electrons. The van der Waals surface area contributed by atoms with Crippen LogP contribution in [0.2, 0.25) is 0 Å². The van der Waals surface area contributed by atoms with Gasteiger partial charge < -0.3 is 20.6 Å². The monoisotopic (exact) mass is 512 g/mol. The van der Waals surface area contributed by atoms with E-state index in [1.807, 2.05) is 32.9 Å². The van der Waals surface area contributed by atoms with E-state index >= 15 is 0 Å². The normalized spacial score (nSPS) is 17.2. The van der Waals surface area contributed by atoms with Crippen molar-refractivity contribution in [1.29, 1.82) is 0 Å². The fourth-order valence-electron chi connectivity index (χ4n) is 4.36. The first-order valence-corrected chi connectivity index (χ1v) is 13.6. The number of aliphatic hydroxyl groups is 1. The van der Waals surface area contributed by atoms with Gasteiger partial charge >= 0.3 is 0 Å². The van der Waals surface area contributed by atoms with Gasteiger partial charge in [-0.3, -0.25) is 9.52 Å². The van der Waals surface area contributed by atoms with E-state index in [0.29, 0.717) is 22.7 Å². The number of anilines is 3. The number of carbonyl (C=O) groups is 1. The molecule has 1 aromatic carbocycles. The number of nitrogens with zero attached hydrogens (tertiary/aromatic N) is 3. The fourth-order valence-corrected chi connectivity index (χ4v) is 5.21. The summed E-state index contributed by atoms with van der Waals surface area (Å²) in [6.45, 7) is 13.9. The van der Waals surface area contributed by atoms with E-state index in [-0.39, 0.29) is 18.1 Å². The van der Waals surface area contributed by atoms with Crippen LogP contribution in [0.1, 0.15) is 76.4 Å². The van der Waals surface area contributed by atoms with Crippen LogP contribution in [0.25, 0.3) is 0 Å². The SMILES string of the molecule is Cc1cc(NC(=O)c2ncc(NC(C)(C)CO)nc2N2CCC3(CC2)CC3)cc(SNC(C)(C)C)c1. The molecule has 2 aliphatic rings. The van der Waals surface area contributed by atoms with Gasteiger partial charge in [-0.05, 0) is 108 Å². The lowest BCUT2D eigenvalue weighted by Crippen LogP contribution is -2.38. The molecule has 0 unspecified atom stereocenters. The highest BCUT2D eigenvalue weighted by molar-refractivity contribution is 7.97. The van der Waals surface area contributed by atoms with Crippen molar-refractivity contribution in [3.8, 4) is 0 Å². The molecule has 4 N–H and O–H groups in total. The van der Waals surface area contributed by atoms with Gasteiger partial charge in [-0.2, -0.15) is 0 Å². The summed E-state index contributed by atoms with van der Waals surface area (Å²) in [5.74, 6) is 0.871. The first-order chi connectivity index (χ1) is 16.9. The molecule has 1 spiro atoms. The zero-order chi connectivity index (χ0) is 26.1. The number of aromatic nitrogens is 2. The van der Waals surface area contributed by atoms with Gasteiger partial charge in [0.15, 0.2) is 11.5 Å². The summed E-state index contributed by atoms with van der Waals surface area (Å²) in [5, 5.41) is 16.0. The van der Waals surface area contributed by atoms with E-state index in [0.717, 1.165) is 42.1 Å². The van der Waals surface area contributed by atoms with Crippen LogP contribution in [0.4, 0.5) is 17.3 Å². The third kappa shape index (κ3) is 6.89. The van der Waals surface area contributed by atoms with Crippen molar-refractivity contribution in [1.82, 2.24) is 14.7 Å². The molecule has 1 aliphatic heterocycles. The van der Waals surface area contributed by atoms with Gasteiger partial charge in [-0.25, -0.2) is 9.97 Å². The fraction of sp³-hybridized carbons (Fsp3) is 0.593. The average molecular weight is 513 g/mol. The Morgan fingerprint density at radius 2 is 1.81 bits per heavy atom. The van der Waals surface area contributed by atoms with E-state index in [9.17, 15) is 9.90 Å². The summed E-state index contributed by atoms with van der Waals surface area (Å²) in [4.78, 5) is 26.1. The van der Waals surface area contributed by atoms with E-state index in [1.54, 1.807) is 18.1 Å². The van der Waals surface area contributed by atoms with Gasteiger partial charge in [-0.15, -0.1) is 0 Å². The van der Waals surface area contributed by atoms with E-state index in [1.165, 1.54) is 12.8 Å². The standard InChI is InChI=1S/C27H40N6O2S/c1-18-13-19(15-20(14-18)36-32-25(2,3)4)29-24(35)22-23(33-11-9-27(7-8-27)10-12-33)30-21(16-28-22)31-26(5,6)17-34/h13-16,32,34H,7-12,17H2,1-6H3,(H,29,35)(H,30,31). The van der Waals surface area contributed by atoms with Crippen LogP contribution in [0, 0.1) is 12.3 Å². The lowest BCUT2D eigenvalue weighted by molar-refractivity contribution is 0.102. The predicted octanol–water partition coefficient (Wildman–Crippen LogP) is 5.00. The minimum absolute atomic E-state index is 0.0316. The quantitative estimate of drug-likeness (QED) is 0.367. The lowest BCUT2D eigenvalue weighted by atomic mass is 9.93. The average Bonchev–Trinajstić information content (AvgIpc) is 3.56. The number of aliphatic hydroxyl groups excluding tert-OH is 1. The smallest absolute Gasteiger partial charge is 0.278 e. The maximum absolute atomic E-state index is 13.5. The Morgan fingerprint density at radius 3 is 2.42 bits per heavy atom. The number of rotatable bonds is 8. The summed E-state index contributed by atoms with van der Waals surface area (Å²) in [7, 11) is 0. The minimum atomic E-state index is -0.549. The molecule has 1 saturated heterocycles. The number of carbonyl (C=O) groups excluding carboxylic acids is 1. The number of benzene rings is 1. The highest BCUT2D eigenvalue weighted by Gasteiger charge is 2.45. The van der Waals surface area contributed by atoms with Gasteiger partial charge in [0.2, 0.25) is 0 Å². The Hall–Kier alpha value is -2.36. The van der Waals surface area contributed by atoms with Crippen LogP contribution in [-0.4, -0.2) is 51.8 Å². The molecule has 2 aromatic rings. The van der Waals surface area contributed by atoms with Crippen LogP contribution in [0.5, 0.6) is 0 Å².